The number of pyridine rings is 1. The zero-order valence-corrected chi connectivity index (χ0v) is 20.6. The summed E-state index contributed by atoms with van der Waals surface area (Å²) in [5.74, 6) is -0.238. The van der Waals surface area contributed by atoms with Gasteiger partial charge < -0.3 is 20.2 Å². The van der Waals surface area contributed by atoms with Crippen molar-refractivity contribution < 1.29 is 22.7 Å². The molecule has 5 rings (SSSR count). The SMILES string of the molecule is NC(=O)c1[nH]c2ccc(Cl)cc2c1S(=O)(=O)N1CCO[C@H](COc2cccc(-c3ccncc3)c2)C1. The second-order valence-corrected chi connectivity index (χ2v) is 10.6. The summed E-state index contributed by atoms with van der Waals surface area (Å²) in [5, 5.41) is 0.653. The molecule has 1 fully saturated rings. The Morgan fingerprint density at radius 1 is 1.17 bits per heavy atom. The molecule has 2 aromatic carbocycles. The van der Waals surface area contributed by atoms with Gasteiger partial charge in [0.05, 0.1) is 6.61 Å². The lowest BCUT2D eigenvalue weighted by atomic mass is 10.1. The number of nitrogens with one attached hydrogen (secondary N) is 1. The van der Waals surface area contributed by atoms with Crippen molar-refractivity contribution in [2.45, 2.75) is 11.0 Å². The van der Waals surface area contributed by atoms with Crippen LogP contribution in [0.15, 0.2) is 71.9 Å². The average molecular weight is 527 g/mol. The number of aromatic nitrogens is 2. The smallest absolute Gasteiger partial charge is 0.266 e. The van der Waals surface area contributed by atoms with Crippen LogP contribution in [-0.4, -0.2) is 61.0 Å². The van der Waals surface area contributed by atoms with Crippen molar-refractivity contribution in [1.82, 2.24) is 14.3 Å². The Labute approximate surface area is 212 Å². The fourth-order valence-corrected chi connectivity index (χ4v) is 6.18. The van der Waals surface area contributed by atoms with Gasteiger partial charge in [-0.3, -0.25) is 9.78 Å². The molecule has 36 heavy (non-hydrogen) atoms. The number of H-pyrrole nitrogens is 1. The van der Waals surface area contributed by atoms with Gasteiger partial charge in [0.2, 0.25) is 10.0 Å². The summed E-state index contributed by atoms with van der Waals surface area (Å²) in [6.45, 7) is 0.507. The number of benzene rings is 2. The minimum Gasteiger partial charge on any atom is -0.491 e. The molecule has 3 N–H and O–H groups in total. The average Bonchev–Trinajstić information content (AvgIpc) is 3.28. The summed E-state index contributed by atoms with van der Waals surface area (Å²) >= 11 is 6.11. The van der Waals surface area contributed by atoms with Crippen molar-refractivity contribution in [3.05, 3.63) is 77.7 Å². The number of sulfonamides is 1. The quantitative estimate of drug-likeness (QED) is 0.379. The second kappa shape index (κ2) is 9.90. The minimum absolute atomic E-state index is 0.0534. The van der Waals surface area contributed by atoms with Gasteiger partial charge in [0.1, 0.15) is 29.0 Å². The normalized spacial score (nSPS) is 16.8. The van der Waals surface area contributed by atoms with E-state index in [-0.39, 0.29) is 36.9 Å². The van der Waals surface area contributed by atoms with Gasteiger partial charge in [-0.15, -0.1) is 0 Å². The summed E-state index contributed by atoms with van der Waals surface area (Å²) in [6, 6.07) is 16.1. The summed E-state index contributed by atoms with van der Waals surface area (Å²) in [4.78, 5) is 18.8. The number of primary amides is 1. The fourth-order valence-electron chi connectivity index (χ4n) is 4.22. The highest BCUT2D eigenvalue weighted by Gasteiger charge is 2.36. The second-order valence-electron chi connectivity index (χ2n) is 8.31. The van der Waals surface area contributed by atoms with Crippen molar-refractivity contribution in [3.8, 4) is 16.9 Å². The van der Waals surface area contributed by atoms with Crippen LogP contribution in [0.3, 0.4) is 0 Å². The van der Waals surface area contributed by atoms with E-state index in [1.807, 2.05) is 36.4 Å². The molecule has 2 aromatic heterocycles. The van der Waals surface area contributed by atoms with E-state index >= 15 is 0 Å². The van der Waals surface area contributed by atoms with Crippen molar-refractivity contribution in [2.24, 2.45) is 5.73 Å². The molecule has 1 aliphatic rings. The Kier molecular flexibility index (Phi) is 6.67. The monoisotopic (exact) mass is 526 g/mol. The van der Waals surface area contributed by atoms with Crippen LogP contribution in [0, 0.1) is 0 Å². The predicted molar refractivity (Wildman–Crippen MR) is 135 cm³/mol. The number of fused-ring (bicyclic) bond motifs is 1. The molecule has 186 valence electrons. The molecule has 11 heteroatoms. The number of rotatable bonds is 7. The highest BCUT2D eigenvalue weighted by Crippen LogP contribution is 2.32. The third kappa shape index (κ3) is 4.80. The fraction of sp³-hybridized carbons (Fsp3) is 0.200. The summed E-state index contributed by atoms with van der Waals surface area (Å²) in [7, 11) is -4.10. The lowest BCUT2D eigenvalue weighted by molar-refractivity contribution is -0.0249. The maximum absolute atomic E-state index is 13.7. The first kappa shape index (κ1) is 24.3. The first-order valence-electron chi connectivity index (χ1n) is 11.2. The number of hydrogen-bond donors (Lipinski definition) is 2. The number of carbonyl (C=O) groups is 1. The van der Waals surface area contributed by atoms with Crippen LogP contribution in [0.25, 0.3) is 22.0 Å². The van der Waals surface area contributed by atoms with Crippen LogP contribution in [-0.2, 0) is 14.8 Å². The van der Waals surface area contributed by atoms with E-state index in [0.29, 0.717) is 21.7 Å². The van der Waals surface area contributed by atoms with Gasteiger partial charge in [0, 0.05) is 41.4 Å². The number of halogens is 1. The maximum Gasteiger partial charge on any atom is 0.266 e. The molecule has 1 amide bonds. The number of morpholine rings is 1. The molecule has 0 bridgehead atoms. The standard InChI is InChI=1S/C25H23ClN4O5S/c26-18-4-5-22-21(13-18)24(23(29-22)25(27)31)36(32,33)30-10-11-34-20(14-30)15-35-19-3-1-2-17(12-19)16-6-8-28-9-7-16/h1-9,12-13,20,29H,10-11,14-15H2,(H2,27,31)/t20-/m0/s1. The molecule has 0 spiro atoms. The van der Waals surface area contributed by atoms with Crippen molar-refractivity contribution in [2.75, 3.05) is 26.3 Å². The zero-order chi connectivity index (χ0) is 25.3. The molecule has 3 heterocycles. The van der Waals surface area contributed by atoms with Gasteiger partial charge >= 0.3 is 0 Å². The van der Waals surface area contributed by atoms with Crippen LogP contribution in [0.2, 0.25) is 5.02 Å². The molecular weight excluding hydrogens is 504 g/mol. The number of hydrogen-bond acceptors (Lipinski definition) is 6. The summed E-state index contributed by atoms with van der Waals surface area (Å²) < 4.78 is 40.4. The summed E-state index contributed by atoms with van der Waals surface area (Å²) in [6.07, 6.45) is 2.93. The molecule has 1 aliphatic heterocycles. The van der Waals surface area contributed by atoms with E-state index in [2.05, 4.69) is 9.97 Å². The van der Waals surface area contributed by atoms with Gasteiger partial charge in [-0.1, -0.05) is 23.7 Å². The minimum atomic E-state index is -4.10. The van der Waals surface area contributed by atoms with Crippen molar-refractivity contribution in [3.63, 3.8) is 0 Å². The number of carbonyl (C=O) groups excluding carboxylic acids is 1. The van der Waals surface area contributed by atoms with E-state index in [1.54, 1.807) is 24.5 Å². The van der Waals surface area contributed by atoms with Crippen LogP contribution in [0.5, 0.6) is 5.75 Å². The number of amides is 1. The van der Waals surface area contributed by atoms with E-state index in [0.717, 1.165) is 11.1 Å². The Bertz CT molecular complexity index is 1520. The van der Waals surface area contributed by atoms with Crippen molar-refractivity contribution in [1.29, 1.82) is 0 Å². The number of aromatic amines is 1. The van der Waals surface area contributed by atoms with Crippen LogP contribution in [0.4, 0.5) is 0 Å². The number of nitrogens with two attached hydrogens (primary N) is 1. The van der Waals surface area contributed by atoms with E-state index < -0.39 is 22.0 Å². The Balaban J connectivity index is 1.35. The van der Waals surface area contributed by atoms with E-state index in [1.165, 1.54) is 10.4 Å². The maximum atomic E-state index is 13.7. The number of nitrogens with zero attached hydrogens (tertiary/aromatic N) is 2. The van der Waals surface area contributed by atoms with Crippen LogP contribution < -0.4 is 10.5 Å². The van der Waals surface area contributed by atoms with Gasteiger partial charge in [-0.2, -0.15) is 4.31 Å². The molecule has 4 aromatic rings. The largest absolute Gasteiger partial charge is 0.491 e. The third-order valence-electron chi connectivity index (χ3n) is 5.94. The Hall–Kier alpha value is -3.44. The highest BCUT2D eigenvalue weighted by atomic mass is 35.5. The lowest BCUT2D eigenvalue weighted by Crippen LogP contribution is -2.47. The molecule has 0 unspecified atom stereocenters. The lowest BCUT2D eigenvalue weighted by Gasteiger charge is -2.32. The molecular formula is C25H23ClN4O5S. The van der Waals surface area contributed by atoms with Crippen LogP contribution >= 0.6 is 11.6 Å². The molecule has 9 nitrogen and oxygen atoms in total. The number of ether oxygens (including phenoxy) is 2. The van der Waals surface area contributed by atoms with E-state index in [9.17, 15) is 13.2 Å². The molecule has 0 saturated carbocycles. The topological polar surface area (TPSA) is 128 Å². The molecule has 1 saturated heterocycles. The zero-order valence-electron chi connectivity index (χ0n) is 19.1. The molecule has 0 aliphatic carbocycles. The van der Waals surface area contributed by atoms with Crippen molar-refractivity contribution >= 4 is 38.4 Å². The summed E-state index contributed by atoms with van der Waals surface area (Å²) in [5.41, 5.74) is 7.75. The van der Waals surface area contributed by atoms with Gasteiger partial charge in [-0.25, -0.2) is 8.42 Å². The van der Waals surface area contributed by atoms with Crippen LogP contribution in [0.1, 0.15) is 10.5 Å². The Morgan fingerprint density at radius 3 is 2.75 bits per heavy atom. The van der Waals surface area contributed by atoms with Gasteiger partial charge in [-0.05, 0) is 53.6 Å². The first-order valence-corrected chi connectivity index (χ1v) is 13.0. The van der Waals surface area contributed by atoms with Gasteiger partial charge in [0.15, 0.2) is 0 Å². The molecule has 0 radical (unpaired) electrons. The molecule has 1 atom stereocenters. The predicted octanol–water partition coefficient (Wildman–Crippen LogP) is 3.45. The van der Waals surface area contributed by atoms with E-state index in [4.69, 9.17) is 26.8 Å². The van der Waals surface area contributed by atoms with Gasteiger partial charge in [0.25, 0.3) is 5.91 Å². The Morgan fingerprint density at radius 2 is 1.97 bits per heavy atom. The highest BCUT2D eigenvalue weighted by molar-refractivity contribution is 7.89. The third-order valence-corrected chi connectivity index (χ3v) is 8.13. The first-order chi connectivity index (χ1) is 17.3.